The van der Waals surface area contributed by atoms with Crippen molar-refractivity contribution in [1.29, 1.82) is 0 Å². The second kappa shape index (κ2) is 5.31. The number of phenolic OH excluding ortho intramolecular Hbond substituents is 3. The van der Waals surface area contributed by atoms with Crippen LogP contribution in [0.2, 0.25) is 0 Å². The summed E-state index contributed by atoms with van der Waals surface area (Å²) < 4.78 is 6.05. The summed E-state index contributed by atoms with van der Waals surface area (Å²) >= 11 is 0. The van der Waals surface area contributed by atoms with Crippen molar-refractivity contribution in [2.24, 2.45) is 0 Å². The van der Waals surface area contributed by atoms with Gasteiger partial charge < -0.3 is 20.1 Å². The van der Waals surface area contributed by atoms with Crippen LogP contribution in [0.25, 0.3) is 17.2 Å². The van der Waals surface area contributed by atoms with Crippen molar-refractivity contribution >= 4 is 6.08 Å². The van der Waals surface area contributed by atoms with E-state index in [1.165, 1.54) is 6.07 Å². The van der Waals surface area contributed by atoms with Crippen LogP contribution in [0.5, 0.6) is 23.0 Å². The van der Waals surface area contributed by atoms with Gasteiger partial charge in [-0.2, -0.15) is 0 Å². The Labute approximate surface area is 152 Å². The summed E-state index contributed by atoms with van der Waals surface area (Å²) in [7, 11) is 0. The lowest BCUT2D eigenvalue weighted by molar-refractivity contribution is 0.158. The van der Waals surface area contributed by atoms with Crippen LogP contribution >= 0.6 is 0 Å². The molecular formula is C22H22O4. The van der Waals surface area contributed by atoms with Gasteiger partial charge in [-0.05, 0) is 62.6 Å². The minimum absolute atomic E-state index is 0.00439. The first-order valence-electron chi connectivity index (χ1n) is 8.67. The van der Waals surface area contributed by atoms with Crippen LogP contribution in [0, 0.1) is 0 Å². The summed E-state index contributed by atoms with van der Waals surface area (Å²) in [6.45, 7) is 9.99. The molecule has 3 N–H and O–H groups in total. The molecule has 0 bridgehead atoms. The van der Waals surface area contributed by atoms with Crippen LogP contribution in [0.3, 0.4) is 0 Å². The van der Waals surface area contributed by atoms with Gasteiger partial charge in [0.1, 0.15) is 17.1 Å². The molecule has 4 nitrogen and oxygen atoms in total. The quantitative estimate of drug-likeness (QED) is 0.507. The Morgan fingerprint density at radius 1 is 1.15 bits per heavy atom. The zero-order valence-corrected chi connectivity index (χ0v) is 15.1. The maximum Gasteiger partial charge on any atom is 0.165 e. The molecule has 1 aliphatic heterocycles. The molecule has 0 saturated carbocycles. The number of fused-ring (bicyclic) bond motifs is 4. The minimum Gasteiger partial charge on any atom is -0.507 e. The summed E-state index contributed by atoms with van der Waals surface area (Å²) in [5.41, 5.74) is 3.84. The van der Waals surface area contributed by atoms with Gasteiger partial charge in [0.2, 0.25) is 0 Å². The van der Waals surface area contributed by atoms with Crippen LogP contribution in [-0.4, -0.2) is 20.9 Å². The fourth-order valence-electron chi connectivity index (χ4n) is 3.90. The average molecular weight is 350 g/mol. The zero-order valence-electron chi connectivity index (χ0n) is 15.1. The molecular weight excluding hydrogens is 328 g/mol. The fraction of sp³-hybridized carbons (Fsp3) is 0.273. The molecule has 0 saturated heterocycles. The summed E-state index contributed by atoms with van der Waals surface area (Å²) in [4.78, 5) is 0. The monoisotopic (exact) mass is 350 g/mol. The van der Waals surface area contributed by atoms with Crippen LogP contribution in [-0.2, 0) is 6.42 Å². The number of allylic oxidation sites excluding steroid dienone is 1. The SMILES string of the molecule is C=C(C)[C@H]1Cc2ccc(O)c(O)c2-c2c1cc1c(c2O)C=CC(C)(C)O1. The smallest absolute Gasteiger partial charge is 0.165 e. The molecule has 0 radical (unpaired) electrons. The first kappa shape index (κ1) is 16.6. The predicted octanol–water partition coefficient (Wildman–Crippen LogP) is 4.87. The zero-order chi connectivity index (χ0) is 18.8. The van der Waals surface area contributed by atoms with Crippen molar-refractivity contribution in [3.8, 4) is 34.1 Å². The van der Waals surface area contributed by atoms with E-state index in [0.717, 1.165) is 16.7 Å². The lowest BCUT2D eigenvalue weighted by atomic mass is 9.74. The van der Waals surface area contributed by atoms with Crippen LogP contribution < -0.4 is 4.74 Å². The molecule has 1 atom stereocenters. The molecule has 1 aliphatic carbocycles. The highest BCUT2D eigenvalue weighted by atomic mass is 16.5. The van der Waals surface area contributed by atoms with Gasteiger partial charge in [0.15, 0.2) is 11.5 Å². The Balaban J connectivity index is 2.07. The summed E-state index contributed by atoms with van der Waals surface area (Å²) in [6.07, 6.45) is 4.38. The molecule has 2 aromatic carbocycles. The molecule has 1 heterocycles. The van der Waals surface area contributed by atoms with Gasteiger partial charge in [0, 0.05) is 17.0 Å². The molecule has 4 rings (SSSR count). The summed E-state index contributed by atoms with van der Waals surface area (Å²) in [6, 6.07) is 5.20. The molecule has 2 aromatic rings. The Morgan fingerprint density at radius 3 is 2.58 bits per heavy atom. The number of phenols is 3. The summed E-state index contributed by atoms with van der Waals surface area (Å²) in [5, 5.41) is 31.5. The van der Waals surface area contributed by atoms with Gasteiger partial charge in [0.25, 0.3) is 0 Å². The van der Waals surface area contributed by atoms with Gasteiger partial charge in [-0.15, -0.1) is 0 Å². The van der Waals surface area contributed by atoms with E-state index in [2.05, 4.69) is 6.58 Å². The Hall–Kier alpha value is -2.88. The highest BCUT2D eigenvalue weighted by molar-refractivity contribution is 5.90. The van der Waals surface area contributed by atoms with Crippen molar-refractivity contribution in [2.45, 2.75) is 38.7 Å². The maximum atomic E-state index is 11.1. The molecule has 0 spiro atoms. The fourth-order valence-corrected chi connectivity index (χ4v) is 3.90. The van der Waals surface area contributed by atoms with E-state index in [-0.39, 0.29) is 23.2 Å². The third-order valence-corrected chi connectivity index (χ3v) is 5.24. The normalized spacial score (nSPS) is 19.1. The number of benzene rings is 2. The molecule has 2 aliphatic rings. The molecule has 0 amide bonds. The molecule has 134 valence electrons. The van der Waals surface area contributed by atoms with E-state index in [1.54, 1.807) is 6.07 Å². The summed E-state index contributed by atoms with van der Waals surface area (Å²) in [5.74, 6) is 0.254. The van der Waals surface area contributed by atoms with Crippen molar-refractivity contribution in [3.63, 3.8) is 0 Å². The lowest BCUT2D eigenvalue weighted by Crippen LogP contribution is -2.28. The maximum absolute atomic E-state index is 11.1. The van der Waals surface area contributed by atoms with E-state index in [9.17, 15) is 15.3 Å². The average Bonchev–Trinajstić information content (AvgIpc) is 2.56. The van der Waals surface area contributed by atoms with E-state index in [1.807, 2.05) is 39.0 Å². The van der Waals surface area contributed by atoms with E-state index in [4.69, 9.17) is 4.74 Å². The third-order valence-electron chi connectivity index (χ3n) is 5.24. The molecule has 26 heavy (non-hydrogen) atoms. The van der Waals surface area contributed by atoms with E-state index in [0.29, 0.717) is 28.9 Å². The largest absolute Gasteiger partial charge is 0.507 e. The Kier molecular flexibility index (Phi) is 3.38. The van der Waals surface area contributed by atoms with Crippen molar-refractivity contribution in [1.82, 2.24) is 0 Å². The van der Waals surface area contributed by atoms with Gasteiger partial charge in [-0.3, -0.25) is 0 Å². The molecule has 0 unspecified atom stereocenters. The topological polar surface area (TPSA) is 69.9 Å². The van der Waals surface area contributed by atoms with E-state index >= 15 is 0 Å². The van der Waals surface area contributed by atoms with Gasteiger partial charge in [-0.1, -0.05) is 18.2 Å². The lowest BCUT2D eigenvalue weighted by Gasteiger charge is -2.34. The highest BCUT2D eigenvalue weighted by Gasteiger charge is 2.34. The van der Waals surface area contributed by atoms with Crippen molar-refractivity contribution in [2.75, 3.05) is 0 Å². The minimum atomic E-state index is -0.459. The number of hydrogen-bond acceptors (Lipinski definition) is 4. The van der Waals surface area contributed by atoms with Crippen LogP contribution in [0.1, 0.15) is 43.4 Å². The number of aromatic hydroxyl groups is 3. The van der Waals surface area contributed by atoms with Gasteiger partial charge in [0.05, 0.1) is 5.56 Å². The first-order chi connectivity index (χ1) is 12.2. The van der Waals surface area contributed by atoms with Crippen molar-refractivity contribution in [3.05, 3.63) is 53.1 Å². The number of hydrogen-bond donors (Lipinski definition) is 3. The molecule has 4 heteroatoms. The second-order valence-corrected chi connectivity index (χ2v) is 7.71. The Bertz CT molecular complexity index is 982. The van der Waals surface area contributed by atoms with Gasteiger partial charge >= 0.3 is 0 Å². The first-order valence-corrected chi connectivity index (χ1v) is 8.67. The predicted molar refractivity (Wildman–Crippen MR) is 102 cm³/mol. The Morgan fingerprint density at radius 2 is 1.88 bits per heavy atom. The van der Waals surface area contributed by atoms with Gasteiger partial charge in [-0.25, -0.2) is 0 Å². The standard InChI is InChI=1S/C22H22O4/c1-11(2)14-9-12-5-6-16(23)21(25)18(12)19-15(14)10-17-13(20(19)24)7-8-22(3,4)26-17/h5-8,10,14,23-25H,1,9H2,2-4H3/t14-/m1/s1. The van der Waals surface area contributed by atoms with Crippen molar-refractivity contribution < 1.29 is 20.1 Å². The number of rotatable bonds is 1. The third kappa shape index (κ3) is 2.29. The molecule has 0 aromatic heterocycles. The van der Waals surface area contributed by atoms with Crippen LogP contribution in [0.4, 0.5) is 0 Å². The number of ether oxygens (including phenoxy) is 1. The second-order valence-electron chi connectivity index (χ2n) is 7.71. The highest BCUT2D eigenvalue weighted by Crippen LogP contribution is 2.55. The molecule has 0 fully saturated rings. The van der Waals surface area contributed by atoms with Crippen LogP contribution in [0.15, 0.2) is 36.4 Å². The van der Waals surface area contributed by atoms with E-state index < -0.39 is 5.60 Å².